The van der Waals surface area contributed by atoms with E-state index in [4.69, 9.17) is 0 Å². The molecule has 0 radical (unpaired) electrons. The van der Waals surface area contributed by atoms with Crippen molar-refractivity contribution >= 4 is 11.7 Å². The normalized spacial score (nSPS) is 15.2. The molecule has 1 aliphatic heterocycles. The molecule has 1 amide bonds. The van der Waals surface area contributed by atoms with Crippen LogP contribution in [0.1, 0.15) is 26.7 Å². The van der Waals surface area contributed by atoms with Gasteiger partial charge in [0.1, 0.15) is 5.82 Å². The fourth-order valence-electron chi connectivity index (χ4n) is 2.46. The average molecular weight is 306 g/mol. The maximum Gasteiger partial charge on any atom is 0.223 e. The molecule has 5 heteroatoms. The molecule has 1 aromatic heterocycles. The molecule has 1 aliphatic rings. The van der Waals surface area contributed by atoms with Crippen LogP contribution in [-0.4, -0.2) is 56.1 Å². The third kappa shape index (κ3) is 6.02. The van der Waals surface area contributed by atoms with Gasteiger partial charge in [0.15, 0.2) is 0 Å². The zero-order chi connectivity index (χ0) is 16.4. The molecule has 0 unspecified atom stereocenters. The minimum absolute atomic E-state index is 0.150. The largest absolute Gasteiger partial charge is 0.357 e. The van der Waals surface area contributed by atoms with Crippen molar-refractivity contribution in [3.05, 3.63) is 24.4 Å². The van der Waals surface area contributed by atoms with E-state index in [9.17, 15) is 4.79 Å². The Morgan fingerprint density at radius 2 is 2.00 bits per heavy atom. The second kappa shape index (κ2) is 10.2. The lowest BCUT2D eigenvalue weighted by atomic mass is 9.96. The summed E-state index contributed by atoms with van der Waals surface area (Å²) in [5.41, 5.74) is 0. The maximum atomic E-state index is 12.1. The van der Waals surface area contributed by atoms with E-state index >= 15 is 0 Å². The molecule has 1 N–H and O–H groups in total. The van der Waals surface area contributed by atoms with Crippen molar-refractivity contribution in [3.63, 3.8) is 0 Å². The highest BCUT2D eigenvalue weighted by Crippen LogP contribution is 2.21. The molecular weight excluding hydrogens is 276 g/mol. The van der Waals surface area contributed by atoms with Gasteiger partial charge in [-0.1, -0.05) is 19.9 Å². The molecule has 0 aromatic carbocycles. The highest BCUT2D eigenvalue weighted by atomic mass is 16.1. The maximum absolute atomic E-state index is 12.1. The molecule has 2 rings (SSSR count). The quantitative estimate of drug-likeness (QED) is 0.904. The Morgan fingerprint density at radius 3 is 2.55 bits per heavy atom. The molecule has 0 spiro atoms. The van der Waals surface area contributed by atoms with Crippen molar-refractivity contribution in [3.8, 4) is 0 Å². The van der Waals surface area contributed by atoms with Crippen LogP contribution in [0.15, 0.2) is 24.4 Å². The lowest BCUT2D eigenvalue weighted by Crippen LogP contribution is -2.42. The summed E-state index contributed by atoms with van der Waals surface area (Å²) in [4.78, 5) is 20.7. The van der Waals surface area contributed by atoms with E-state index in [0.29, 0.717) is 0 Å². The molecule has 1 aromatic rings. The number of hydrogen-bond donors (Lipinski definition) is 1. The SMILES string of the molecule is CC.CN(C)CCNC(=O)C1CCN(c2ccccn2)CC1. The number of aromatic nitrogens is 1. The zero-order valence-electron chi connectivity index (χ0n) is 14.4. The summed E-state index contributed by atoms with van der Waals surface area (Å²) >= 11 is 0. The van der Waals surface area contributed by atoms with Crippen LogP contribution in [0.25, 0.3) is 0 Å². The Hall–Kier alpha value is -1.62. The van der Waals surface area contributed by atoms with Crippen LogP contribution in [0.4, 0.5) is 5.82 Å². The van der Waals surface area contributed by atoms with Crippen molar-refractivity contribution in [1.82, 2.24) is 15.2 Å². The highest BCUT2D eigenvalue weighted by molar-refractivity contribution is 5.78. The first-order valence-electron chi connectivity index (χ1n) is 8.25. The summed E-state index contributed by atoms with van der Waals surface area (Å²) in [5, 5.41) is 3.02. The van der Waals surface area contributed by atoms with E-state index in [-0.39, 0.29) is 11.8 Å². The molecule has 1 fully saturated rings. The van der Waals surface area contributed by atoms with Crippen LogP contribution in [-0.2, 0) is 4.79 Å². The zero-order valence-corrected chi connectivity index (χ0v) is 14.4. The Bertz CT molecular complexity index is 414. The summed E-state index contributed by atoms with van der Waals surface area (Å²) in [5.74, 6) is 1.36. The standard InChI is InChI=1S/C15H24N4O.C2H6/c1-18(2)12-9-17-15(20)13-6-10-19(11-7-13)14-5-3-4-8-16-14;1-2/h3-5,8,13H,6-7,9-12H2,1-2H3,(H,17,20);1-2H3. The predicted octanol–water partition coefficient (Wildman–Crippen LogP) is 2.00. The molecule has 22 heavy (non-hydrogen) atoms. The molecule has 124 valence electrons. The van der Waals surface area contributed by atoms with Crippen LogP contribution in [0.2, 0.25) is 0 Å². The fraction of sp³-hybridized carbons (Fsp3) is 0.647. The van der Waals surface area contributed by atoms with Crippen LogP contribution >= 0.6 is 0 Å². The van der Waals surface area contributed by atoms with Crippen LogP contribution in [0.3, 0.4) is 0 Å². The topological polar surface area (TPSA) is 48.5 Å². The number of nitrogens with one attached hydrogen (secondary N) is 1. The molecule has 5 nitrogen and oxygen atoms in total. The van der Waals surface area contributed by atoms with Gasteiger partial charge in [-0.05, 0) is 39.1 Å². The minimum atomic E-state index is 0.150. The predicted molar refractivity (Wildman–Crippen MR) is 92.1 cm³/mol. The van der Waals surface area contributed by atoms with Crippen LogP contribution in [0, 0.1) is 5.92 Å². The van der Waals surface area contributed by atoms with Gasteiger partial charge >= 0.3 is 0 Å². The van der Waals surface area contributed by atoms with Gasteiger partial charge in [0, 0.05) is 38.3 Å². The second-order valence-electron chi connectivity index (χ2n) is 5.54. The number of pyridine rings is 1. The van der Waals surface area contributed by atoms with Crippen molar-refractivity contribution in [2.24, 2.45) is 5.92 Å². The lowest BCUT2D eigenvalue weighted by Gasteiger charge is -2.32. The number of hydrogen-bond acceptors (Lipinski definition) is 4. The summed E-state index contributed by atoms with van der Waals surface area (Å²) in [7, 11) is 4.02. The van der Waals surface area contributed by atoms with E-state index in [0.717, 1.165) is 44.8 Å². The number of anilines is 1. The Kier molecular flexibility index (Phi) is 8.51. The number of piperidine rings is 1. The molecule has 1 saturated heterocycles. The summed E-state index contributed by atoms with van der Waals surface area (Å²) < 4.78 is 0. The first-order chi connectivity index (χ1) is 10.7. The van der Waals surface area contributed by atoms with Crippen molar-refractivity contribution in [1.29, 1.82) is 0 Å². The number of amides is 1. The minimum Gasteiger partial charge on any atom is -0.357 e. The van der Waals surface area contributed by atoms with Crippen molar-refractivity contribution < 1.29 is 4.79 Å². The number of likely N-dealkylation sites (N-methyl/N-ethyl adjacent to an activating group) is 1. The van der Waals surface area contributed by atoms with Gasteiger partial charge in [-0.15, -0.1) is 0 Å². The van der Waals surface area contributed by atoms with Gasteiger partial charge in [-0.2, -0.15) is 0 Å². The van der Waals surface area contributed by atoms with E-state index in [1.165, 1.54) is 0 Å². The van der Waals surface area contributed by atoms with Gasteiger partial charge < -0.3 is 15.1 Å². The molecule has 0 atom stereocenters. The van der Waals surface area contributed by atoms with Crippen LogP contribution < -0.4 is 10.2 Å². The summed E-state index contributed by atoms with van der Waals surface area (Å²) in [6.45, 7) is 7.43. The van der Waals surface area contributed by atoms with E-state index < -0.39 is 0 Å². The second-order valence-corrected chi connectivity index (χ2v) is 5.54. The lowest BCUT2D eigenvalue weighted by molar-refractivity contribution is -0.125. The molecule has 0 aliphatic carbocycles. The Balaban J connectivity index is 0.00000116. The van der Waals surface area contributed by atoms with E-state index in [2.05, 4.69) is 20.1 Å². The van der Waals surface area contributed by atoms with Crippen LogP contribution in [0.5, 0.6) is 0 Å². The number of rotatable bonds is 5. The number of carbonyl (C=O) groups is 1. The highest BCUT2D eigenvalue weighted by Gasteiger charge is 2.25. The molecule has 2 heterocycles. The molecule has 0 saturated carbocycles. The summed E-state index contributed by atoms with van der Waals surface area (Å²) in [6, 6.07) is 5.95. The van der Waals surface area contributed by atoms with Gasteiger partial charge in [-0.25, -0.2) is 4.98 Å². The fourth-order valence-corrected chi connectivity index (χ4v) is 2.46. The third-order valence-corrected chi connectivity index (χ3v) is 3.70. The molecule has 0 bridgehead atoms. The monoisotopic (exact) mass is 306 g/mol. The third-order valence-electron chi connectivity index (χ3n) is 3.70. The Morgan fingerprint density at radius 1 is 1.32 bits per heavy atom. The van der Waals surface area contributed by atoms with Gasteiger partial charge in [0.05, 0.1) is 0 Å². The van der Waals surface area contributed by atoms with Gasteiger partial charge in [-0.3, -0.25) is 4.79 Å². The first kappa shape index (κ1) is 18.4. The van der Waals surface area contributed by atoms with E-state index in [1.807, 2.05) is 52.3 Å². The Labute approximate surface area is 134 Å². The van der Waals surface area contributed by atoms with E-state index in [1.54, 1.807) is 0 Å². The number of carbonyl (C=O) groups excluding carboxylic acids is 1. The first-order valence-corrected chi connectivity index (χ1v) is 8.25. The van der Waals surface area contributed by atoms with Gasteiger partial charge in [0.25, 0.3) is 0 Å². The van der Waals surface area contributed by atoms with Crippen molar-refractivity contribution in [2.45, 2.75) is 26.7 Å². The van der Waals surface area contributed by atoms with Gasteiger partial charge in [0.2, 0.25) is 5.91 Å². The summed E-state index contributed by atoms with van der Waals surface area (Å²) in [6.07, 6.45) is 3.63. The molecular formula is C17H30N4O. The number of nitrogens with zero attached hydrogens (tertiary/aromatic N) is 3. The smallest absolute Gasteiger partial charge is 0.223 e. The average Bonchev–Trinajstić information content (AvgIpc) is 2.57. The van der Waals surface area contributed by atoms with Crippen molar-refractivity contribution in [2.75, 3.05) is 45.2 Å².